The number of hydrogen-bond donors (Lipinski definition) is 0. The van der Waals surface area contributed by atoms with Crippen molar-refractivity contribution in [1.82, 2.24) is 9.80 Å². The zero-order valence-electron chi connectivity index (χ0n) is 14.7. The van der Waals surface area contributed by atoms with Crippen molar-refractivity contribution >= 4 is 17.5 Å². The minimum absolute atomic E-state index is 0.0761. The largest absolute Gasteiger partial charge is 0.492 e. The highest BCUT2D eigenvalue weighted by Crippen LogP contribution is 2.42. The van der Waals surface area contributed by atoms with Crippen LogP contribution < -0.4 is 0 Å². The topological polar surface area (TPSA) is 76.2 Å². The predicted molar refractivity (Wildman–Crippen MR) is 85.1 cm³/mol. The van der Waals surface area contributed by atoms with Crippen molar-refractivity contribution in [3.63, 3.8) is 0 Å². The third kappa shape index (κ3) is 1.88. The van der Waals surface area contributed by atoms with E-state index in [1.165, 1.54) is 14.2 Å². The van der Waals surface area contributed by atoms with Gasteiger partial charge in [-0.25, -0.2) is 0 Å². The number of methoxy groups -OCH3 is 2. The van der Waals surface area contributed by atoms with E-state index in [4.69, 9.17) is 9.47 Å². The van der Waals surface area contributed by atoms with Crippen molar-refractivity contribution in [1.29, 1.82) is 0 Å². The molecule has 3 aliphatic rings. The molecule has 0 N–H and O–H groups in total. The number of piperazine rings is 1. The minimum Gasteiger partial charge on any atom is -0.492 e. The number of carbonyl (C=O) groups is 3. The summed E-state index contributed by atoms with van der Waals surface area (Å²) in [5.74, 6) is -0.608. The normalized spacial score (nSPS) is 34.1. The molecule has 0 aromatic heterocycles. The highest BCUT2D eigenvalue weighted by Gasteiger charge is 2.57. The zero-order chi connectivity index (χ0) is 17.9. The number of ether oxygens (including phenoxy) is 2. The number of nitrogens with zero attached hydrogens (tertiary/aromatic N) is 2. The Morgan fingerprint density at radius 1 is 0.958 bits per heavy atom. The maximum Gasteiger partial charge on any atom is 0.243 e. The standard InChI is InChI=1S/C17H22N2O5/c1-7-13(20)10-9(14(21)15(7)23-5)11-8(2)18(3)17(22)12(19(11)4)16(10)24-6/h8,11-12,16H,1-6H3/t8-,11+,12+,16+/m1/s1. The Balaban J connectivity index is 2.27. The van der Waals surface area contributed by atoms with E-state index in [-0.39, 0.29) is 40.9 Å². The summed E-state index contributed by atoms with van der Waals surface area (Å²) in [6.45, 7) is 3.45. The molecular formula is C17H22N2O5. The first kappa shape index (κ1) is 16.9. The van der Waals surface area contributed by atoms with Crippen LogP contribution in [0.2, 0.25) is 0 Å². The predicted octanol–water partition coefficient (Wildman–Crippen LogP) is -0.0867. The molecule has 0 saturated carbocycles. The maximum absolute atomic E-state index is 13.0. The van der Waals surface area contributed by atoms with Gasteiger partial charge in [0.15, 0.2) is 11.5 Å². The van der Waals surface area contributed by atoms with Crippen LogP contribution in [0.5, 0.6) is 0 Å². The molecular weight excluding hydrogens is 312 g/mol. The van der Waals surface area contributed by atoms with E-state index in [0.717, 1.165) is 0 Å². The van der Waals surface area contributed by atoms with Gasteiger partial charge in [0.05, 0.1) is 13.2 Å². The molecule has 4 atom stereocenters. The van der Waals surface area contributed by atoms with Crippen molar-refractivity contribution in [3.05, 3.63) is 22.5 Å². The van der Waals surface area contributed by atoms with Gasteiger partial charge in [-0.05, 0) is 20.9 Å². The SMILES string of the molecule is COC1=C(C)C(=O)C2=C(C1=O)[C@@H]1[C@@H](C)N(C)C(=O)[C@H]([C@H]2OC)N1C. The molecule has 2 aliphatic heterocycles. The van der Waals surface area contributed by atoms with Gasteiger partial charge >= 0.3 is 0 Å². The Morgan fingerprint density at radius 3 is 2.12 bits per heavy atom. The fourth-order valence-electron chi connectivity index (χ4n) is 4.17. The van der Waals surface area contributed by atoms with Gasteiger partial charge in [-0.2, -0.15) is 0 Å². The molecule has 3 rings (SSSR count). The number of amides is 1. The lowest BCUT2D eigenvalue weighted by atomic mass is 9.73. The van der Waals surface area contributed by atoms with E-state index in [1.54, 1.807) is 25.9 Å². The molecule has 0 aromatic rings. The van der Waals surface area contributed by atoms with Crippen LogP contribution in [0, 0.1) is 0 Å². The summed E-state index contributed by atoms with van der Waals surface area (Å²) in [5.41, 5.74) is 0.960. The first-order chi connectivity index (χ1) is 11.3. The molecule has 1 saturated heterocycles. The number of ketones is 2. The van der Waals surface area contributed by atoms with E-state index in [9.17, 15) is 14.4 Å². The number of Topliss-reactive ketones (excluding diaryl/α,β-unsaturated/α-hetero) is 2. The van der Waals surface area contributed by atoms with Crippen molar-refractivity contribution in [2.45, 2.75) is 38.1 Å². The van der Waals surface area contributed by atoms with E-state index in [1.807, 2.05) is 11.8 Å². The van der Waals surface area contributed by atoms with Gasteiger partial charge < -0.3 is 14.4 Å². The quantitative estimate of drug-likeness (QED) is 0.657. The van der Waals surface area contributed by atoms with E-state index < -0.39 is 12.1 Å². The second-order valence-corrected chi connectivity index (χ2v) is 6.55. The molecule has 2 bridgehead atoms. The third-order valence-electron chi connectivity index (χ3n) is 5.54. The van der Waals surface area contributed by atoms with Crippen LogP contribution in [0.4, 0.5) is 0 Å². The first-order valence-corrected chi connectivity index (χ1v) is 7.87. The van der Waals surface area contributed by atoms with Gasteiger partial charge in [-0.3, -0.25) is 19.3 Å². The molecule has 24 heavy (non-hydrogen) atoms. The molecule has 130 valence electrons. The molecule has 0 radical (unpaired) electrons. The van der Waals surface area contributed by atoms with Crippen LogP contribution in [0.1, 0.15) is 13.8 Å². The highest BCUT2D eigenvalue weighted by molar-refractivity contribution is 6.25. The lowest BCUT2D eigenvalue weighted by Crippen LogP contribution is -2.71. The molecule has 0 aromatic carbocycles. The maximum atomic E-state index is 13.0. The Bertz CT molecular complexity index is 708. The Labute approximate surface area is 140 Å². The van der Waals surface area contributed by atoms with E-state index in [0.29, 0.717) is 11.1 Å². The van der Waals surface area contributed by atoms with Crippen LogP contribution in [0.3, 0.4) is 0 Å². The van der Waals surface area contributed by atoms with Crippen LogP contribution in [0.25, 0.3) is 0 Å². The lowest BCUT2D eigenvalue weighted by Gasteiger charge is -2.54. The van der Waals surface area contributed by atoms with Gasteiger partial charge in [0.2, 0.25) is 11.7 Å². The molecule has 7 heteroatoms. The Kier molecular flexibility index (Phi) is 3.88. The van der Waals surface area contributed by atoms with E-state index in [2.05, 4.69) is 0 Å². The first-order valence-electron chi connectivity index (χ1n) is 7.87. The molecule has 1 fully saturated rings. The summed E-state index contributed by atoms with van der Waals surface area (Å²) in [6.07, 6.45) is -0.770. The third-order valence-corrected chi connectivity index (χ3v) is 5.54. The average molecular weight is 334 g/mol. The van der Waals surface area contributed by atoms with Crippen molar-refractivity contribution in [2.75, 3.05) is 28.3 Å². The number of allylic oxidation sites excluding steroid dienone is 2. The van der Waals surface area contributed by atoms with Crippen LogP contribution in [-0.2, 0) is 23.9 Å². The number of likely N-dealkylation sites (N-methyl/N-ethyl adjacent to an activating group) is 2. The van der Waals surface area contributed by atoms with Crippen LogP contribution in [0.15, 0.2) is 22.5 Å². The monoisotopic (exact) mass is 334 g/mol. The average Bonchev–Trinajstić information content (AvgIpc) is 2.56. The second kappa shape index (κ2) is 5.53. The molecule has 0 unspecified atom stereocenters. The summed E-state index contributed by atoms with van der Waals surface area (Å²) in [6, 6.07) is -1.22. The molecule has 1 amide bonds. The van der Waals surface area contributed by atoms with E-state index >= 15 is 0 Å². The summed E-state index contributed by atoms with van der Waals surface area (Å²) in [4.78, 5) is 42.1. The molecule has 7 nitrogen and oxygen atoms in total. The number of fused-ring (bicyclic) bond motifs is 3. The van der Waals surface area contributed by atoms with Crippen LogP contribution in [-0.4, -0.2) is 79.8 Å². The number of carbonyl (C=O) groups excluding carboxylic acids is 3. The smallest absolute Gasteiger partial charge is 0.243 e. The van der Waals surface area contributed by atoms with Gasteiger partial charge in [0.25, 0.3) is 0 Å². The van der Waals surface area contributed by atoms with Gasteiger partial charge in [-0.1, -0.05) is 0 Å². The highest BCUT2D eigenvalue weighted by atomic mass is 16.5. The van der Waals surface area contributed by atoms with Gasteiger partial charge in [0, 0.05) is 36.9 Å². The van der Waals surface area contributed by atoms with Crippen molar-refractivity contribution < 1.29 is 23.9 Å². The van der Waals surface area contributed by atoms with Gasteiger partial charge in [0.1, 0.15) is 12.1 Å². The Morgan fingerprint density at radius 2 is 1.58 bits per heavy atom. The molecule has 0 spiro atoms. The lowest BCUT2D eigenvalue weighted by molar-refractivity contribution is -0.154. The van der Waals surface area contributed by atoms with Crippen LogP contribution >= 0.6 is 0 Å². The zero-order valence-corrected chi connectivity index (χ0v) is 14.7. The van der Waals surface area contributed by atoms with Crippen molar-refractivity contribution in [3.8, 4) is 0 Å². The number of rotatable bonds is 2. The fourth-order valence-corrected chi connectivity index (χ4v) is 4.17. The van der Waals surface area contributed by atoms with Gasteiger partial charge in [-0.15, -0.1) is 0 Å². The molecule has 1 aliphatic carbocycles. The summed E-state index contributed by atoms with van der Waals surface area (Å²) in [5, 5.41) is 0. The summed E-state index contributed by atoms with van der Waals surface area (Å²) >= 11 is 0. The summed E-state index contributed by atoms with van der Waals surface area (Å²) < 4.78 is 10.7. The number of hydrogen-bond acceptors (Lipinski definition) is 6. The summed E-state index contributed by atoms with van der Waals surface area (Å²) in [7, 11) is 6.35. The Hall–Kier alpha value is -1.99. The second-order valence-electron chi connectivity index (χ2n) is 6.55. The minimum atomic E-state index is -0.770. The van der Waals surface area contributed by atoms with Crippen molar-refractivity contribution in [2.24, 2.45) is 0 Å². The fraction of sp³-hybridized carbons (Fsp3) is 0.588. The molecule has 2 heterocycles.